The molecule has 0 N–H and O–H groups in total. The quantitative estimate of drug-likeness (QED) is 0.283. The molecule has 0 saturated carbocycles. The fourth-order valence-electron chi connectivity index (χ4n) is 3.97. The molecule has 1 saturated heterocycles. The highest BCUT2D eigenvalue weighted by Gasteiger charge is 2.34. The van der Waals surface area contributed by atoms with E-state index < -0.39 is 20.6 Å². The summed E-state index contributed by atoms with van der Waals surface area (Å²) in [5.41, 5.74) is 1.43. The van der Waals surface area contributed by atoms with Gasteiger partial charge in [-0.05, 0) is 43.7 Å². The Morgan fingerprint density at radius 1 is 1.30 bits per heavy atom. The highest BCUT2D eigenvalue weighted by atomic mass is 32.2. The van der Waals surface area contributed by atoms with Crippen LogP contribution >= 0.6 is 11.8 Å². The van der Waals surface area contributed by atoms with Crippen molar-refractivity contribution >= 4 is 44.2 Å². The van der Waals surface area contributed by atoms with Crippen LogP contribution in [0, 0.1) is 15.9 Å². The van der Waals surface area contributed by atoms with Crippen LogP contribution in [-0.2, 0) is 14.6 Å². The number of nitrogens with zero attached hydrogens (tertiary/aromatic N) is 4. The predicted octanol–water partition coefficient (Wildman–Crippen LogP) is 3.20. The first-order valence-corrected chi connectivity index (χ1v) is 13.0. The maximum atomic E-state index is 13.5. The first-order chi connectivity index (χ1) is 15.7. The van der Waals surface area contributed by atoms with Gasteiger partial charge in [0.05, 0.1) is 33.2 Å². The SMILES string of the molecule is CCN(C(=O)CSc1nc2cc([N+](=O)[O-])ccc2n1-c1ccc(F)cc1)[C@@H]1CCS(=O)(=O)C1. The fourth-order valence-corrected chi connectivity index (χ4v) is 6.61. The van der Waals surface area contributed by atoms with Gasteiger partial charge in [-0.1, -0.05) is 11.8 Å². The van der Waals surface area contributed by atoms with Crippen molar-refractivity contribution in [1.82, 2.24) is 14.5 Å². The number of halogens is 1. The predicted molar refractivity (Wildman–Crippen MR) is 123 cm³/mol. The van der Waals surface area contributed by atoms with E-state index in [9.17, 15) is 27.7 Å². The molecule has 1 aliphatic rings. The van der Waals surface area contributed by atoms with Crippen molar-refractivity contribution in [1.29, 1.82) is 0 Å². The summed E-state index contributed by atoms with van der Waals surface area (Å²) in [5, 5.41) is 11.6. The molecule has 33 heavy (non-hydrogen) atoms. The Bertz CT molecular complexity index is 1320. The average molecular weight is 493 g/mol. The van der Waals surface area contributed by atoms with E-state index in [1.165, 1.54) is 24.3 Å². The van der Waals surface area contributed by atoms with Gasteiger partial charge in [0.25, 0.3) is 5.69 Å². The van der Waals surface area contributed by atoms with Crippen molar-refractivity contribution in [3.8, 4) is 5.69 Å². The Kier molecular flexibility index (Phi) is 6.39. The summed E-state index contributed by atoms with van der Waals surface area (Å²) in [5.74, 6) is -0.568. The summed E-state index contributed by atoms with van der Waals surface area (Å²) in [6.45, 7) is 2.19. The number of non-ortho nitro benzene ring substituents is 1. The molecular formula is C21H21FN4O5S2. The lowest BCUT2D eigenvalue weighted by Crippen LogP contribution is -2.42. The second-order valence-electron chi connectivity index (χ2n) is 7.66. The number of rotatable bonds is 7. The van der Waals surface area contributed by atoms with E-state index in [1.54, 1.807) is 34.6 Å². The molecule has 1 atom stereocenters. The van der Waals surface area contributed by atoms with E-state index in [1.807, 2.05) is 0 Å². The molecule has 0 radical (unpaired) electrons. The van der Waals surface area contributed by atoms with Crippen molar-refractivity contribution in [2.24, 2.45) is 0 Å². The second kappa shape index (κ2) is 9.10. The first-order valence-electron chi connectivity index (χ1n) is 10.2. The minimum Gasteiger partial charge on any atom is -0.338 e. The minimum atomic E-state index is -3.13. The fraction of sp³-hybridized carbons (Fsp3) is 0.333. The monoisotopic (exact) mass is 492 g/mol. The summed E-state index contributed by atoms with van der Waals surface area (Å²) in [6, 6.07) is 9.66. The van der Waals surface area contributed by atoms with Gasteiger partial charge in [0, 0.05) is 30.4 Å². The number of amides is 1. The average Bonchev–Trinajstić information content (AvgIpc) is 3.32. The van der Waals surface area contributed by atoms with Crippen molar-refractivity contribution < 1.29 is 22.5 Å². The Morgan fingerprint density at radius 3 is 2.64 bits per heavy atom. The van der Waals surface area contributed by atoms with E-state index in [2.05, 4.69) is 4.98 Å². The smallest absolute Gasteiger partial charge is 0.271 e. The number of fused-ring (bicyclic) bond motifs is 1. The highest BCUT2D eigenvalue weighted by Crippen LogP contribution is 2.31. The van der Waals surface area contributed by atoms with E-state index in [0.29, 0.717) is 34.8 Å². The molecule has 0 aliphatic carbocycles. The highest BCUT2D eigenvalue weighted by molar-refractivity contribution is 7.99. The number of carbonyl (C=O) groups excluding carboxylic acids is 1. The normalized spacial score (nSPS) is 17.3. The summed E-state index contributed by atoms with van der Waals surface area (Å²) in [4.78, 5) is 29.7. The number of hydrogen-bond donors (Lipinski definition) is 0. The van der Waals surface area contributed by atoms with Gasteiger partial charge in [0.1, 0.15) is 5.82 Å². The van der Waals surface area contributed by atoms with Crippen LogP contribution in [0.2, 0.25) is 0 Å². The number of thioether (sulfide) groups is 1. The number of aromatic nitrogens is 2. The van der Waals surface area contributed by atoms with Crippen LogP contribution in [0.5, 0.6) is 0 Å². The summed E-state index contributed by atoms with van der Waals surface area (Å²) >= 11 is 1.14. The Morgan fingerprint density at radius 2 is 2.03 bits per heavy atom. The molecule has 1 fully saturated rings. The van der Waals surface area contributed by atoms with Crippen molar-refractivity contribution in [2.45, 2.75) is 24.5 Å². The third kappa shape index (κ3) is 4.86. The van der Waals surface area contributed by atoms with Crippen LogP contribution in [0.1, 0.15) is 13.3 Å². The first kappa shape index (κ1) is 23.2. The van der Waals surface area contributed by atoms with Gasteiger partial charge in [-0.3, -0.25) is 19.5 Å². The number of sulfone groups is 1. The summed E-state index contributed by atoms with van der Waals surface area (Å²) in [7, 11) is -3.13. The maximum absolute atomic E-state index is 13.5. The number of carbonyl (C=O) groups is 1. The van der Waals surface area contributed by atoms with E-state index in [-0.39, 0.29) is 34.9 Å². The lowest BCUT2D eigenvalue weighted by atomic mass is 10.2. The van der Waals surface area contributed by atoms with Gasteiger partial charge < -0.3 is 4.90 Å². The minimum absolute atomic E-state index is 0.0109. The van der Waals surface area contributed by atoms with Crippen LogP contribution in [0.15, 0.2) is 47.6 Å². The molecule has 2 heterocycles. The van der Waals surface area contributed by atoms with Crippen molar-refractivity contribution in [3.05, 3.63) is 58.4 Å². The summed E-state index contributed by atoms with van der Waals surface area (Å²) < 4.78 is 38.9. The van der Waals surface area contributed by atoms with Crippen molar-refractivity contribution in [2.75, 3.05) is 23.8 Å². The lowest BCUT2D eigenvalue weighted by Gasteiger charge is -2.26. The van der Waals surface area contributed by atoms with Crippen LogP contribution in [-0.4, -0.2) is 63.5 Å². The molecular weight excluding hydrogens is 471 g/mol. The molecule has 0 spiro atoms. The van der Waals surface area contributed by atoms with E-state index in [0.717, 1.165) is 11.8 Å². The standard InChI is InChI=1S/C21H21FN4O5S2/c1-2-24(17-9-10-33(30,31)13-17)20(27)12-32-21-23-18-11-16(26(28)29)7-8-19(18)25(21)15-5-3-14(22)4-6-15/h3-8,11,17H,2,9-10,12-13H2,1H3/t17-/m1/s1. The summed E-state index contributed by atoms with van der Waals surface area (Å²) in [6.07, 6.45) is 0.421. The van der Waals surface area contributed by atoms with Crippen LogP contribution in [0.4, 0.5) is 10.1 Å². The Hall–Kier alpha value is -2.99. The van der Waals surface area contributed by atoms with Gasteiger partial charge in [0.15, 0.2) is 15.0 Å². The van der Waals surface area contributed by atoms with Gasteiger partial charge in [-0.2, -0.15) is 0 Å². The number of hydrogen-bond acceptors (Lipinski definition) is 7. The van der Waals surface area contributed by atoms with Gasteiger partial charge >= 0.3 is 0 Å². The molecule has 0 unspecified atom stereocenters. The maximum Gasteiger partial charge on any atom is 0.271 e. The van der Waals surface area contributed by atoms with E-state index >= 15 is 0 Å². The molecule has 1 aromatic heterocycles. The third-order valence-electron chi connectivity index (χ3n) is 5.54. The third-order valence-corrected chi connectivity index (χ3v) is 8.21. The number of benzene rings is 2. The van der Waals surface area contributed by atoms with Gasteiger partial charge in [0.2, 0.25) is 5.91 Å². The molecule has 3 aromatic rings. The molecule has 0 bridgehead atoms. The molecule has 1 aliphatic heterocycles. The molecule has 9 nitrogen and oxygen atoms in total. The lowest BCUT2D eigenvalue weighted by molar-refractivity contribution is -0.384. The molecule has 12 heteroatoms. The Balaban J connectivity index is 1.64. The van der Waals surface area contributed by atoms with Crippen LogP contribution in [0.25, 0.3) is 16.7 Å². The Labute approximate surface area is 193 Å². The topological polar surface area (TPSA) is 115 Å². The zero-order valence-electron chi connectivity index (χ0n) is 17.7. The van der Waals surface area contributed by atoms with Crippen molar-refractivity contribution in [3.63, 3.8) is 0 Å². The molecule has 174 valence electrons. The molecule has 2 aromatic carbocycles. The van der Waals surface area contributed by atoms with Crippen LogP contribution in [0.3, 0.4) is 0 Å². The number of imidazole rings is 1. The van der Waals surface area contributed by atoms with Crippen LogP contribution < -0.4 is 0 Å². The number of nitro groups is 1. The zero-order valence-corrected chi connectivity index (χ0v) is 19.3. The number of nitro benzene ring substituents is 1. The molecule has 4 rings (SSSR count). The van der Waals surface area contributed by atoms with E-state index in [4.69, 9.17) is 0 Å². The van der Waals surface area contributed by atoms with Gasteiger partial charge in [-0.15, -0.1) is 0 Å². The largest absolute Gasteiger partial charge is 0.338 e. The second-order valence-corrected chi connectivity index (χ2v) is 10.8. The molecule has 1 amide bonds. The zero-order chi connectivity index (χ0) is 23.8. The van der Waals surface area contributed by atoms with Gasteiger partial charge in [-0.25, -0.2) is 17.8 Å².